The Labute approximate surface area is 86.8 Å². The minimum absolute atomic E-state index is 0.318. The second-order valence-electron chi connectivity index (χ2n) is 5.31. The van der Waals surface area contributed by atoms with Crippen molar-refractivity contribution in [2.24, 2.45) is 0 Å². The predicted molar refractivity (Wildman–Crippen MR) is 57.5 cm³/mol. The first-order valence-corrected chi connectivity index (χ1v) is 5.63. The summed E-state index contributed by atoms with van der Waals surface area (Å²) in [5, 5.41) is 3.57. The van der Waals surface area contributed by atoms with E-state index in [9.17, 15) is 0 Å². The number of ether oxygens (including phenoxy) is 1. The van der Waals surface area contributed by atoms with Gasteiger partial charge in [0.15, 0.2) is 0 Å². The zero-order chi connectivity index (χ0) is 10.2. The van der Waals surface area contributed by atoms with E-state index in [2.05, 4.69) is 31.1 Å². The standard InChI is InChI=1S/C11H22N2O/c1-11(2)6-10(7-12-11)13(3)9-4-5-14-8-9/h9-10,12H,4-8H2,1-3H3. The van der Waals surface area contributed by atoms with Crippen LogP contribution in [0, 0.1) is 0 Å². The molecule has 0 bridgehead atoms. The van der Waals surface area contributed by atoms with Gasteiger partial charge in [0.1, 0.15) is 0 Å². The molecule has 82 valence electrons. The summed E-state index contributed by atoms with van der Waals surface area (Å²) in [6, 6.07) is 1.34. The van der Waals surface area contributed by atoms with Crippen molar-refractivity contribution in [3.8, 4) is 0 Å². The summed E-state index contributed by atoms with van der Waals surface area (Å²) in [6.45, 7) is 7.56. The summed E-state index contributed by atoms with van der Waals surface area (Å²) >= 11 is 0. The van der Waals surface area contributed by atoms with Gasteiger partial charge in [-0.05, 0) is 33.7 Å². The molecule has 2 heterocycles. The smallest absolute Gasteiger partial charge is 0.0622 e. The van der Waals surface area contributed by atoms with Crippen LogP contribution in [0.3, 0.4) is 0 Å². The third-order valence-electron chi connectivity index (χ3n) is 3.62. The third-order valence-corrected chi connectivity index (χ3v) is 3.62. The molecule has 2 atom stereocenters. The maximum Gasteiger partial charge on any atom is 0.0622 e. The van der Waals surface area contributed by atoms with E-state index in [4.69, 9.17) is 4.74 Å². The normalized spacial score (nSPS) is 36.9. The van der Waals surface area contributed by atoms with Gasteiger partial charge in [0, 0.05) is 30.8 Å². The molecule has 2 aliphatic heterocycles. The molecular weight excluding hydrogens is 176 g/mol. The van der Waals surface area contributed by atoms with Gasteiger partial charge in [0.2, 0.25) is 0 Å². The van der Waals surface area contributed by atoms with Gasteiger partial charge >= 0.3 is 0 Å². The number of hydrogen-bond donors (Lipinski definition) is 1. The van der Waals surface area contributed by atoms with Crippen molar-refractivity contribution in [3.05, 3.63) is 0 Å². The zero-order valence-electron chi connectivity index (χ0n) is 9.55. The molecule has 0 aromatic heterocycles. The van der Waals surface area contributed by atoms with E-state index in [0.29, 0.717) is 17.6 Å². The molecule has 2 aliphatic rings. The number of rotatable bonds is 2. The van der Waals surface area contributed by atoms with Crippen LogP contribution in [0.4, 0.5) is 0 Å². The fraction of sp³-hybridized carbons (Fsp3) is 1.00. The molecule has 1 N–H and O–H groups in total. The van der Waals surface area contributed by atoms with Crippen LogP contribution < -0.4 is 5.32 Å². The molecule has 0 aromatic carbocycles. The van der Waals surface area contributed by atoms with E-state index in [0.717, 1.165) is 19.8 Å². The van der Waals surface area contributed by atoms with E-state index in [1.54, 1.807) is 0 Å². The van der Waals surface area contributed by atoms with Crippen molar-refractivity contribution in [1.82, 2.24) is 10.2 Å². The van der Waals surface area contributed by atoms with Crippen LogP contribution in [0.15, 0.2) is 0 Å². The van der Waals surface area contributed by atoms with Crippen molar-refractivity contribution in [3.63, 3.8) is 0 Å². The van der Waals surface area contributed by atoms with Crippen LogP contribution in [-0.4, -0.2) is 49.3 Å². The molecule has 0 spiro atoms. The maximum absolute atomic E-state index is 5.43. The molecule has 0 aromatic rings. The molecular formula is C11H22N2O. The quantitative estimate of drug-likeness (QED) is 0.712. The summed E-state index contributed by atoms with van der Waals surface area (Å²) in [4.78, 5) is 2.51. The van der Waals surface area contributed by atoms with Crippen LogP contribution in [0.2, 0.25) is 0 Å². The number of nitrogens with zero attached hydrogens (tertiary/aromatic N) is 1. The lowest BCUT2D eigenvalue weighted by molar-refractivity contribution is 0.135. The molecule has 0 amide bonds. The van der Waals surface area contributed by atoms with Crippen LogP contribution in [0.25, 0.3) is 0 Å². The molecule has 0 aliphatic carbocycles. The van der Waals surface area contributed by atoms with Crippen molar-refractivity contribution in [2.75, 3.05) is 26.8 Å². The van der Waals surface area contributed by atoms with Gasteiger partial charge in [-0.25, -0.2) is 0 Å². The number of hydrogen-bond acceptors (Lipinski definition) is 3. The predicted octanol–water partition coefficient (Wildman–Crippen LogP) is 0.848. The second-order valence-corrected chi connectivity index (χ2v) is 5.31. The number of nitrogens with one attached hydrogen (secondary N) is 1. The lowest BCUT2D eigenvalue weighted by atomic mass is 10.00. The molecule has 2 rings (SSSR count). The Morgan fingerprint density at radius 1 is 1.36 bits per heavy atom. The SMILES string of the molecule is CN(C1CCOC1)C1CNC(C)(C)C1. The highest BCUT2D eigenvalue weighted by molar-refractivity contribution is 4.95. The molecule has 3 nitrogen and oxygen atoms in total. The van der Waals surface area contributed by atoms with Gasteiger partial charge in [-0.2, -0.15) is 0 Å². The highest BCUT2D eigenvalue weighted by Gasteiger charge is 2.35. The average molecular weight is 198 g/mol. The van der Waals surface area contributed by atoms with Gasteiger partial charge in [-0.1, -0.05) is 0 Å². The van der Waals surface area contributed by atoms with Crippen molar-refractivity contribution < 1.29 is 4.74 Å². The molecule has 14 heavy (non-hydrogen) atoms. The van der Waals surface area contributed by atoms with Crippen molar-refractivity contribution in [2.45, 2.75) is 44.3 Å². The first-order valence-electron chi connectivity index (χ1n) is 5.63. The molecule has 0 radical (unpaired) electrons. The van der Waals surface area contributed by atoms with E-state index in [1.807, 2.05) is 0 Å². The zero-order valence-corrected chi connectivity index (χ0v) is 9.55. The van der Waals surface area contributed by atoms with Crippen LogP contribution in [0.1, 0.15) is 26.7 Å². The van der Waals surface area contributed by atoms with E-state index in [1.165, 1.54) is 12.8 Å². The van der Waals surface area contributed by atoms with Gasteiger partial charge < -0.3 is 10.1 Å². The topological polar surface area (TPSA) is 24.5 Å². The fourth-order valence-corrected chi connectivity index (χ4v) is 2.56. The molecule has 2 unspecified atom stereocenters. The van der Waals surface area contributed by atoms with Gasteiger partial charge in [-0.3, -0.25) is 4.90 Å². The van der Waals surface area contributed by atoms with Crippen molar-refractivity contribution in [1.29, 1.82) is 0 Å². The maximum atomic E-state index is 5.43. The molecule has 2 fully saturated rings. The van der Waals surface area contributed by atoms with Gasteiger partial charge in [0.25, 0.3) is 0 Å². The fourth-order valence-electron chi connectivity index (χ4n) is 2.56. The van der Waals surface area contributed by atoms with Crippen LogP contribution in [0.5, 0.6) is 0 Å². The first kappa shape index (κ1) is 10.4. The van der Waals surface area contributed by atoms with Gasteiger partial charge in [-0.15, -0.1) is 0 Å². The molecule has 3 heteroatoms. The Hall–Kier alpha value is -0.120. The first-order chi connectivity index (χ1) is 6.58. The summed E-state index contributed by atoms with van der Waals surface area (Å²) in [5.41, 5.74) is 0.318. The second kappa shape index (κ2) is 3.80. The Morgan fingerprint density at radius 2 is 2.14 bits per heavy atom. The number of likely N-dealkylation sites (N-methyl/N-ethyl adjacent to an activating group) is 1. The Bertz CT molecular complexity index is 199. The summed E-state index contributed by atoms with van der Waals surface area (Å²) < 4.78 is 5.43. The van der Waals surface area contributed by atoms with E-state index < -0.39 is 0 Å². The van der Waals surface area contributed by atoms with Crippen LogP contribution >= 0.6 is 0 Å². The third kappa shape index (κ3) is 2.10. The Kier molecular flexibility index (Phi) is 2.82. The van der Waals surface area contributed by atoms with E-state index in [-0.39, 0.29) is 0 Å². The molecule has 2 saturated heterocycles. The average Bonchev–Trinajstić information content (AvgIpc) is 2.72. The summed E-state index contributed by atoms with van der Waals surface area (Å²) in [7, 11) is 2.24. The Morgan fingerprint density at radius 3 is 2.64 bits per heavy atom. The minimum Gasteiger partial charge on any atom is -0.380 e. The van der Waals surface area contributed by atoms with E-state index >= 15 is 0 Å². The lowest BCUT2D eigenvalue weighted by Gasteiger charge is -2.29. The lowest BCUT2D eigenvalue weighted by Crippen LogP contribution is -2.41. The monoisotopic (exact) mass is 198 g/mol. The highest BCUT2D eigenvalue weighted by atomic mass is 16.5. The summed E-state index contributed by atoms with van der Waals surface area (Å²) in [6.07, 6.45) is 2.45. The highest BCUT2D eigenvalue weighted by Crippen LogP contribution is 2.24. The Balaban J connectivity index is 1.89. The van der Waals surface area contributed by atoms with Crippen LogP contribution in [-0.2, 0) is 4.74 Å². The van der Waals surface area contributed by atoms with Crippen molar-refractivity contribution >= 4 is 0 Å². The largest absolute Gasteiger partial charge is 0.380 e. The van der Waals surface area contributed by atoms with Gasteiger partial charge in [0.05, 0.1) is 6.61 Å². The minimum atomic E-state index is 0.318. The summed E-state index contributed by atoms with van der Waals surface area (Å²) in [5.74, 6) is 0. The molecule has 0 saturated carbocycles.